The molecule has 3 aromatic rings. The third kappa shape index (κ3) is 4.30. The van der Waals surface area contributed by atoms with Gasteiger partial charge in [0.2, 0.25) is 11.7 Å². The molecule has 0 saturated carbocycles. The fourth-order valence-corrected chi connectivity index (χ4v) is 3.60. The Bertz CT molecular complexity index is 983. The Morgan fingerprint density at radius 2 is 1.90 bits per heavy atom. The fraction of sp³-hybridized carbons (Fsp3) is 0.381. The number of pyridine rings is 1. The summed E-state index contributed by atoms with van der Waals surface area (Å²) in [6.07, 6.45) is -0.796. The van der Waals surface area contributed by atoms with Crippen molar-refractivity contribution in [2.24, 2.45) is 0 Å². The van der Waals surface area contributed by atoms with Crippen LogP contribution in [0.25, 0.3) is 11.4 Å². The van der Waals surface area contributed by atoms with Crippen LogP contribution < -0.4 is 4.90 Å². The Morgan fingerprint density at radius 3 is 2.53 bits per heavy atom. The second kappa shape index (κ2) is 8.06. The van der Waals surface area contributed by atoms with Crippen LogP contribution in [0, 0.1) is 0 Å². The second-order valence-electron chi connectivity index (χ2n) is 7.58. The topological polar surface area (TPSA) is 58.3 Å². The van der Waals surface area contributed by atoms with E-state index < -0.39 is 11.7 Å². The number of halogens is 3. The molecule has 0 aliphatic carbocycles. The molecule has 30 heavy (non-hydrogen) atoms. The summed E-state index contributed by atoms with van der Waals surface area (Å²) in [4.78, 5) is 13.0. The number of alkyl halides is 3. The van der Waals surface area contributed by atoms with Crippen LogP contribution in [0.2, 0.25) is 0 Å². The third-order valence-electron chi connectivity index (χ3n) is 5.22. The SMILES string of the molecule is CN(C)c1ccc(-c2noc([C@@H]3CCCN3Cc3ccc(C(F)(F)F)cc3)n2)cn1. The van der Waals surface area contributed by atoms with E-state index in [9.17, 15) is 13.2 Å². The third-order valence-corrected chi connectivity index (χ3v) is 5.22. The molecule has 0 bridgehead atoms. The molecule has 0 radical (unpaired) electrons. The molecular formula is C21H22F3N5O. The van der Waals surface area contributed by atoms with Gasteiger partial charge >= 0.3 is 6.18 Å². The molecular weight excluding hydrogens is 395 g/mol. The molecule has 1 saturated heterocycles. The van der Waals surface area contributed by atoms with Crippen molar-refractivity contribution in [3.63, 3.8) is 0 Å². The van der Waals surface area contributed by atoms with Gasteiger partial charge in [0.25, 0.3) is 0 Å². The van der Waals surface area contributed by atoms with Crippen molar-refractivity contribution < 1.29 is 17.7 Å². The average Bonchev–Trinajstić information content (AvgIpc) is 3.37. The summed E-state index contributed by atoms with van der Waals surface area (Å²) >= 11 is 0. The first-order valence-electron chi connectivity index (χ1n) is 9.69. The smallest absolute Gasteiger partial charge is 0.363 e. The van der Waals surface area contributed by atoms with Crippen molar-refractivity contribution in [2.75, 3.05) is 25.5 Å². The van der Waals surface area contributed by atoms with E-state index in [0.29, 0.717) is 18.3 Å². The molecule has 1 atom stereocenters. The lowest BCUT2D eigenvalue weighted by molar-refractivity contribution is -0.137. The van der Waals surface area contributed by atoms with E-state index in [1.54, 1.807) is 6.20 Å². The van der Waals surface area contributed by atoms with Gasteiger partial charge < -0.3 is 9.42 Å². The Morgan fingerprint density at radius 1 is 1.13 bits per heavy atom. The average molecular weight is 417 g/mol. The highest BCUT2D eigenvalue weighted by atomic mass is 19.4. The summed E-state index contributed by atoms with van der Waals surface area (Å²) in [5.74, 6) is 1.83. The standard InChI is InChI=1S/C21H22F3N5O/c1-28(2)18-10-7-15(12-25-18)19-26-20(30-27-19)17-4-3-11-29(17)13-14-5-8-16(9-6-14)21(22,23)24/h5-10,12,17H,3-4,11,13H2,1-2H3/t17-/m0/s1. The van der Waals surface area contributed by atoms with Gasteiger partial charge in [0.1, 0.15) is 5.82 Å². The van der Waals surface area contributed by atoms with Gasteiger partial charge in [-0.25, -0.2) is 4.98 Å². The minimum atomic E-state index is -4.32. The second-order valence-corrected chi connectivity index (χ2v) is 7.58. The first-order chi connectivity index (χ1) is 14.3. The monoisotopic (exact) mass is 417 g/mol. The van der Waals surface area contributed by atoms with Gasteiger partial charge in [-0.1, -0.05) is 17.3 Å². The molecule has 158 valence electrons. The van der Waals surface area contributed by atoms with Crippen LogP contribution in [0.5, 0.6) is 0 Å². The number of nitrogens with zero attached hydrogens (tertiary/aromatic N) is 5. The van der Waals surface area contributed by atoms with Gasteiger partial charge in [-0.3, -0.25) is 4.90 Å². The molecule has 1 aromatic carbocycles. The first-order valence-corrected chi connectivity index (χ1v) is 9.69. The molecule has 4 rings (SSSR count). The predicted molar refractivity (Wildman–Crippen MR) is 106 cm³/mol. The van der Waals surface area contributed by atoms with Crippen molar-refractivity contribution in [3.8, 4) is 11.4 Å². The van der Waals surface area contributed by atoms with Gasteiger partial charge in [-0.05, 0) is 49.2 Å². The van der Waals surface area contributed by atoms with E-state index in [-0.39, 0.29) is 6.04 Å². The van der Waals surface area contributed by atoms with E-state index >= 15 is 0 Å². The maximum absolute atomic E-state index is 12.8. The zero-order chi connectivity index (χ0) is 21.3. The summed E-state index contributed by atoms with van der Waals surface area (Å²) in [7, 11) is 3.83. The highest BCUT2D eigenvalue weighted by Crippen LogP contribution is 2.34. The van der Waals surface area contributed by atoms with Crippen molar-refractivity contribution in [2.45, 2.75) is 31.6 Å². The first kappa shape index (κ1) is 20.3. The van der Waals surface area contributed by atoms with Gasteiger partial charge in [0.05, 0.1) is 11.6 Å². The quantitative estimate of drug-likeness (QED) is 0.607. The van der Waals surface area contributed by atoms with Gasteiger partial charge in [0, 0.05) is 32.4 Å². The molecule has 6 nitrogen and oxygen atoms in total. The summed E-state index contributed by atoms with van der Waals surface area (Å²) in [6.45, 7) is 1.35. The summed E-state index contributed by atoms with van der Waals surface area (Å²) < 4.78 is 43.8. The largest absolute Gasteiger partial charge is 0.416 e. The molecule has 0 N–H and O–H groups in total. The summed E-state index contributed by atoms with van der Waals surface area (Å²) in [6, 6.07) is 9.02. The zero-order valence-electron chi connectivity index (χ0n) is 16.7. The van der Waals surface area contributed by atoms with E-state index in [1.165, 1.54) is 12.1 Å². The van der Waals surface area contributed by atoms with Crippen LogP contribution in [0.3, 0.4) is 0 Å². The van der Waals surface area contributed by atoms with Gasteiger partial charge in [-0.15, -0.1) is 0 Å². The van der Waals surface area contributed by atoms with Crippen molar-refractivity contribution >= 4 is 5.82 Å². The summed E-state index contributed by atoms with van der Waals surface area (Å²) in [5, 5.41) is 4.09. The molecule has 0 amide bonds. The summed E-state index contributed by atoms with van der Waals surface area (Å²) in [5.41, 5.74) is 0.945. The van der Waals surface area contributed by atoms with Crippen LogP contribution in [0.4, 0.5) is 19.0 Å². The lowest BCUT2D eigenvalue weighted by Gasteiger charge is -2.21. The number of hydrogen-bond donors (Lipinski definition) is 0. The van der Waals surface area contributed by atoms with E-state index in [1.807, 2.05) is 31.1 Å². The Kier molecular flexibility index (Phi) is 5.46. The van der Waals surface area contributed by atoms with Crippen molar-refractivity contribution in [1.29, 1.82) is 0 Å². The van der Waals surface area contributed by atoms with Crippen molar-refractivity contribution in [3.05, 3.63) is 59.6 Å². The van der Waals surface area contributed by atoms with Gasteiger partial charge in [0.15, 0.2) is 0 Å². The van der Waals surface area contributed by atoms with E-state index in [2.05, 4.69) is 20.0 Å². The molecule has 1 aliphatic heterocycles. The number of benzene rings is 1. The fourth-order valence-electron chi connectivity index (χ4n) is 3.60. The highest BCUT2D eigenvalue weighted by molar-refractivity contribution is 5.55. The lowest BCUT2D eigenvalue weighted by atomic mass is 10.1. The maximum atomic E-state index is 12.8. The number of rotatable bonds is 5. The molecule has 1 aliphatic rings. The van der Waals surface area contributed by atoms with Crippen LogP contribution in [-0.4, -0.2) is 40.7 Å². The van der Waals surface area contributed by atoms with Crippen LogP contribution >= 0.6 is 0 Å². The number of hydrogen-bond acceptors (Lipinski definition) is 6. The van der Waals surface area contributed by atoms with Crippen molar-refractivity contribution in [1.82, 2.24) is 20.0 Å². The maximum Gasteiger partial charge on any atom is 0.416 e. The van der Waals surface area contributed by atoms with Crippen LogP contribution in [0.15, 0.2) is 47.1 Å². The lowest BCUT2D eigenvalue weighted by Crippen LogP contribution is -2.23. The van der Waals surface area contributed by atoms with Crippen LogP contribution in [-0.2, 0) is 12.7 Å². The Balaban J connectivity index is 1.47. The molecule has 9 heteroatoms. The zero-order valence-corrected chi connectivity index (χ0v) is 16.7. The molecule has 0 spiro atoms. The highest BCUT2D eigenvalue weighted by Gasteiger charge is 2.32. The van der Waals surface area contributed by atoms with Gasteiger partial charge in [-0.2, -0.15) is 18.2 Å². The van der Waals surface area contributed by atoms with E-state index in [4.69, 9.17) is 4.52 Å². The molecule has 0 unspecified atom stereocenters. The number of likely N-dealkylation sites (tertiary alicyclic amines) is 1. The Labute approximate surface area is 172 Å². The van der Waals surface area contributed by atoms with Crippen LogP contribution in [0.1, 0.15) is 35.9 Å². The Hall–Kier alpha value is -2.94. The predicted octanol–water partition coefficient (Wildman–Crippen LogP) is 4.55. The minimum absolute atomic E-state index is 0.0532. The number of aromatic nitrogens is 3. The minimum Gasteiger partial charge on any atom is -0.363 e. The number of anilines is 1. The molecule has 1 fully saturated rings. The van der Waals surface area contributed by atoms with E-state index in [0.717, 1.165) is 48.5 Å². The normalized spacial score (nSPS) is 17.4. The molecule has 2 aromatic heterocycles. The molecule has 3 heterocycles.